The third kappa shape index (κ3) is 3.73. The lowest BCUT2D eigenvalue weighted by Gasteiger charge is -2.15. The average Bonchev–Trinajstić information content (AvgIpc) is 2.99. The van der Waals surface area contributed by atoms with Crippen molar-refractivity contribution in [2.45, 2.75) is 6.54 Å². The number of anilines is 1. The first-order valence-corrected chi connectivity index (χ1v) is 8.00. The number of rotatable bonds is 5. The van der Waals surface area contributed by atoms with Crippen molar-refractivity contribution < 1.29 is 14.0 Å². The zero-order chi connectivity index (χ0) is 18.8. The molecule has 4 N–H and O–H groups in total. The summed E-state index contributed by atoms with van der Waals surface area (Å²) in [6.45, 7) is 0.576. The number of primary amides is 1. The van der Waals surface area contributed by atoms with Crippen LogP contribution in [0.2, 0.25) is 0 Å². The van der Waals surface area contributed by atoms with Crippen LogP contribution in [0.5, 0.6) is 0 Å². The Morgan fingerprint density at radius 1 is 1.15 bits per heavy atom. The lowest BCUT2D eigenvalue weighted by atomic mass is 10.1. The van der Waals surface area contributed by atoms with Crippen LogP contribution in [0.1, 0.15) is 26.4 Å². The molecule has 2 amide bonds. The molecule has 0 fully saturated rings. The number of aromatic amines is 1. The summed E-state index contributed by atoms with van der Waals surface area (Å²) in [6, 6.07) is 10.8. The maximum absolute atomic E-state index is 13.3. The van der Waals surface area contributed by atoms with Crippen LogP contribution >= 0.6 is 0 Å². The molecule has 0 unspecified atom stereocenters. The summed E-state index contributed by atoms with van der Waals surface area (Å²) >= 11 is 0. The molecule has 0 spiro atoms. The Morgan fingerprint density at radius 2 is 1.92 bits per heavy atom. The summed E-state index contributed by atoms with van der Waals surface area (Å²) in [4.78, 5) is 29.0. The summed E-state index contributed by atoms with van der Waals surface area (Å²) in [5.74, 6) is -1.33. The zero-order valence-corrected chi connectivity index (χ0v) is 14.5. The first-order valence-electron chi connectivity index (χ1n) is 8.00. The van der Waals surface area contributed by atoms with Gasteiger partial charge >= 0.3 is 0 Å². The van der Waals surface area contributed by atoms with Gasteiger partial charge in [0.1, 0.15) is 11.5 Å². The third-order valence-electron chi connectivity index (χ3n) is 3.96. The largest absolute Gasteiger partial charge is 0.366 e. The highest BCUT2D eigenvalue weighted by Gasteiger charge is 2.14. The molecule has 6 nitrogen and oxygen atoms in total. The third-order valence-corrected chi connectivity index (χ3v) is 3.96. The van der Waals surface area contributed by atoms with Crippen LogP contribution in [0.15, 0.2) is 42.5 Å². The Balaban J connectivity index is 1.93. The molecule has 0 saturated heterocycles. The number of carbonyl (C=O) groups is 2. The van der Waals surface area contributed by atoms with Crippen molar-refractivity contribution >= 4 is 28.4 Å². The molecule has 3 aromatic rings. The van der Waals surface area contributed by atoms with E-state index in [1.165, 1.54) is 12.1 Å². The molecule has 0 atom stereocenters. The van der Waals surface area contributed by atoms with Gasteiger partial charge < -0.3 is 20.9 Å². The molecular formula is C19H19FN4O2. The van der Waals surface area contributed by atoms with Crippen LogP contribution in [0.4, 0.5) is 10.1 Å². The molecule has 0 aliphatic carbocycles. The standard InChI is InChI=1S/C19H19FN4O2/c1-24(2)10-12-4-3-11(18(21)25)8-16(12)23-19(26)17-9-13-7-14(20)5-6-15(13)22-17/h3-9,22H,10H2,1-2H3,(H2,21,25)(H,23,26). The van der Waals surface area contributed by atoms with Gasteiger partial charge in [-0.05, 0) is 56.1 Å². The number of amides is 2. The fraction of sp³-hybridized carbons (Fsp3) is 0.158. The molecule has 0 saturated carbocycles. The second-order valence-corrected chi connectivity index (χ2v) is 6.34. The molecule has 0 aliphatic rings. The van der Waals surface area contributed by atoms with Gasteiger partial charge in [-0.25, -0.2) is 4.39 Å². The van der Waals surface area contributed by atoms with E-state index < -0.39 is 5.91 Å². The normalized spacial score (nSPS) is 11.1. The van der Waals surface area contributed by atoms with E-state index >= 15 is 0 Å². The molecule has 26 heavy (non-hydrogen) atoms. The summed E-state index contributed by atoms with van der Waals surface area (Å²) in [7, 11) is 3.81. The number of hydrogen-bond acceptors (Lipinski definition) is 3. The number of carbonyl (C=O) groups excluding carboxylic acids is 2. The van der Waals surface area contributed by atoms with E-state index in [4.69, 9.17) is 5.73 Å². The monoisotopic (exact) mass is 354 g/mol. The highest BCUT2D eigenvalue weighted by molar-refractivity contribution is 6.07. The second-order valence-electron chi connectivity index (χ2n) is 6.34. The number of nitrogens with one attached hydrogen (secondary N) is 2. The van der Waals surface area contributed by atoms with Gasteiger partial charge in [0, 0.05) is 28.7 Å². The minimum atomic E-state index is -0.571. The van der Waals surface area contributed by atoms with Crippen molar-refractivity contribution in [1.29, 1.82) is 0 Å². The number of nitrogens with two attached hydrogens (primary N) is 1. The molecule has 7 heteroatoms. The average molecular weight is 354 g/mol. The quantitative estimate of drug-likeness (QED) is 0.658. The molecule has 134 valence electrons. The number of fused-ring (bicyclic) bond motifs is 1. The van der Waals surface area contributed by atoms with Crippen LogP contribution < -0.4 is 11.1 Å². The number of benzene rings is 2. The highest BCUT2D eigenvalue weighted by Crippen LogP contribution is 2.22. The fourth-order valence-electron chi connectivity index (χ4n) is 2.74. The zero-order valence-electron chi connectivity index (χ0n) is 14.5. The lowest BCUT2D eigenvalue weighted by Crippen LogP contribution is -2.18. The van der Waals surface area contributed by atoms with Crippen molar-refractivity contribution in [2.24, 2.45) is 5.73 Å². The minimum absolute atomic E-state index is 0.297. The predicted octanol–water partition coefficient (Wildman–Crippen LogP) is 2.72. The molecule has 2 aromatic carbocycles. The Hall–Kier alpha value is -3.19. The number of nitrogens with zero attached hydrogens (tertiary/aromatic N) is 1. The maximum atomic E-state index is 13.3. The summed E-state index contributed by atoms with van der Waals surface area (Å²) in [5.41, 5.74) is 7.95. The van der Waals surface area contributed by atoms with Gasteiger partial charge in [-0.15, -0.1) is 0 Å². The van der Waals surface area contributed by atoms with Crippen molar-refractivity contribution in [2.75, 3.05) is 19.4 Å². The van der Waals surface area contributed by atoms with Crippen molar-refractivity contribution in [3.63, 3.8) is 0 Å². The number of aromatic nitrogens is 1. The van der Waals surface area contributed by atoms with E-state index in [9.17, 15) is 14.0 Å². The van der Waals surface area contributed by atoms with Crippen molar-refractivity contribution in [3.8, 4) is 0 Å². The first kappa shape index (κ1) is 17.6. The smallest absolute Gasteiger partial charge is 0.272 e. The van der Waals surface area contributed by atoms with E-state index in [2.05, 4.69) is 10.3 Å². The molecule has 1 aromatic heterocycles. The van der Waals surface area contributed by atoms with E-state index in [1.54, 1.807) is 30.3 Å². The van der Waals surface area contributed by atoms with Crippen LogP contribution in [0, 0.1) is 5.82 Å². The topological polar surface area (TPSA) is 91.2 Å². The summed E-state index contributed by atoms with van der Waals surface area (Å²) in [5, 5.41) is 3.41. The number of H-pyrrole nitrogens is 1. The van der Waals surface area contributed by atoms with Gasteiger partial charge in [-0.3, -0.25) is 9.59 Å². The predicted molar refractivity (Wildman–Crippen MR) is 98.6 cm³/mol. The minimum Gasteiger partial charge on any atom is -0.366 e. The van der Waals surface area contributed by atoms with E-state index in [-0.39, 0.29) is 11.7 Å². The van der Waals surface area contributed by atoms with Crippen LogP contribution in [-0.4, -0.2) is 35.8 Å². The Labute approximate surface area is 149 Å². The molecule has 0 bridgehead atoms. The van der Waals surface area contributed by atoms with Gasteiger partial charge in [0.2, 0.25) is 5.91 Å². The van der Waals surface area contributed by atoms with Crippen LogP contribution in [0.3, 0.4) is 0 Å². The van der Waals surface area contributed by atoms with E-state index in [1.807, 2.05) is 19.0 Å². The van der Waals surface area contributed by atoms with Gasteiger partial charge in [0.05, 0.1) is 0 Å². The Morgan fingerprint density at radius 3 is 2.62 bits per heavy atom. The molecule has 1 heterocycles. The maximum Gasteiger partial charge on any atom is 0.272 e. The van der Waals surface area contributed by atoms with Gasteiger partial charge in [0.15, 0.2) is 0 Å². The van der Waals surface area contributed by atoms with Gasteiger partial charge in [-0.2, -0.15) is 0 Å². The Bertz CT molecular complexity index is 994. The van der Waals surface area contributed by atoms with Crippen molar-refractivity contribution in [3.05, 3.63) is 65.1 Å². The molecular weight excluding hydrogens is 335 g/mol. The fourth-order valence-corrected chi connectivity index (χ4v) is 2.74. The first-order chi connectivity index (χ1) is 12.3. The molecule has 3 rings (SSSR count). The molecule has 0 aliphatic heterocycles. The summed E-state index contributed by atoms with van der Waals surface area (Å²) < 4.78 is 13.3. The van der Waals surface area contributed by atoms with Crippen molar-refractivity contribution in [1.82, 2.24) is 9.88 Å². The summed E-state index contributed by atoms with van der Waals surface area (Å²) in [6.07, 6.45) is 0. The second kappa shape index (κ2) is 6.97. The van der Waals surface area contributed by atoms with E-state index in [0.717, 1.165) is 5.56 Å². The lowest BCUT2D eigenvalue weighted by molar-refractivity contribution is 0.0995. The SMILES string of the molecule is CN(C)Cc1ccc(C(N)=O)cc1NC(=O)c1cc2cc(F)ccc2[nH]1. The highest BCUT2D eigenvalue weighted by atomic mass is 19.1. The molecule has 0 radical (unpaired) electrons. The van der Waals surface area contributed by atoms with Gasteiger partial charge in [0.25, 0.3) is 5.91 Å². The Kier molecular flexibility index (Phi) is 4.73. The van der Waals surface area contributed by atoms with E-state index in [0.29, 0.717) is 34.4 Å². The van der Waals surface area contributed by atoms with Crippen LogP contribution in [0.25, 0.3) is 10.9 Å². The number of halogens is 1. The van der Waals surface area contributed by atoms with Gasteiger partial charge in [-0.1, -0.05) is 6.07 Å². The number of hydrogen-bond donors (Lipinski definition) is 3. The van der Waals surface area contributed by atoms with Crippen LogP contribution in [-0.2, 0) is 6.54 Å².